The average Bonchev–Trinajstić information content (AvgIpc) is 2.80. The molecule has 2 heteroatoms. The summed E-state index contributed by atoms with van der Waals surface area (Å²) in [5.74, 6) is 0.127. The van der Waals surface area contributed by atoms with Gasteiger partial charge in [-0.2, -0.15) is 0 Å². The van der Waals surface area contributed by atoms with Crippen LogP contribution in [0.2, 0.25) is 0 Å². The van der Waals surface area contributed by atoms with Gasteiger partial charge < -0.3 is 0 Å². The van der Waals surface area contributed by atoms with Crippen molar-refractivity contribution < 1.29 is 4.79 Å². The van der Waals surface area contributed by atoms with Gasteiger partial charge in [-0.3, -0.25) is 4.79 Å². The van der Waals surface area contributed by atoms with Gasteiger partial charge in [-0.05, 0) is 131 Å². The molecule has 0 spiro atoms. The van der Waals surface area contributed by atoms with E-state index in [9.17, 15) is 4.79 Å². The lowest BCUT2D eigenvalue weighted by molar-refractivity contribution is 0.103. The molecule has 0 N–H and O–H groups in total. The van der Waals surface area contributed by atoms with Gasteiger partial charge in [0.1, 0.15) is 0 Å². The van der Waals surface area contributed by atoms with Crippen LogP contribution in [0.1, 0.15) is 71.6 Å². The summed E-state index contributed by atoms with van der Waals surface area (Å²) in [4.78, 5) is 14.2. The maximum Gasteiger partial charge on any atom is 0.193 e. The van der Waals surface area contributed by atoms with E-state index in [0.717, 1.165) is 22.3 Å². The third-order valence-electron chi connectivity index (χ3n) is 7.40. The molecule has 32 heavy (non-hydrogen) atoms. The summed E-state index contributed by atoms with van der Waals surface area (Å²) < 4.78 is 0. The van der Waals surface area contributed by atoms with Crippen molar-refractivity contribution in [2.24, 2.45) is 0 Å². The Labute approximate surface area is 199 Å². The highest BCUT2D eigenvalue weighted by Gasteiger charge is 2.19. The lowest BCUT2D eigenvalue weighted by atomic mass is 9.86. The summed E-state index contributed by atoms with van der Waals surface area (Å²) in [5.41, 5.74) is 14.8. The number of benzene rings is 3. The Bertz CT molecular complexity index is 1100. The molecule has 0 saturated heterocycles. The van der Waals surface area contributed by atoms with Gasteiger partial charge in [0.2, 0.25) is 0 Å². The van der Waals surface area contributed by atoms with Gasteiger partial charge in [-0.25, -0.2) is 0 Å². The zero-order valence-corrected chi connectivity index (χ0v) is 22.5. The lowest BCUT2D eigenvalue weighted by Gasteiger charge is -2.17. The second kappa shape index (κ2) is 10.5. The van der Waals surface area contributed by atoms with E-state index < -0.39 is 0 Å². The first-order valence-electron chi connectivity index (χ1n) is 11.2. The van der Waals surface area contributed by atoms with Crippen LogP contribution in [0.15, 0.2) is 35.2 Å². The highest BCUT2D eigenvalue weighted by atomic mass is 32.2. The molecule has 0 unspecified atom stereocenters. The van der Waals surface area contributed by atoms with Crippen molar-refractivity contribution in [3.05, 3.63) is 97.1 Å². The van der Waals surface area contributed by atoms with E-state index >= 15 is 0 Å². The van der Waals surface area contributed by atoms with Crippen LogP contribution in [-0.4, -0.2) is 12.0 Å². The average molecular weight is 447 g/mol. The van der Waals surface area contributed by atoms with E-state index in [0.29, 0.717) is 0 Å². The molecule has 1 nitrogen and oxygen atoms in total. The molecule has 0 radical (unpaired) electrons. The van der Waals surface area contributed by atoms with Crippen molar-refractivity contribution in [2.75, 3.05) is 6.26 Å². The molecule has 0 atom stereocenters. The number of hydrogen-bond acceptors (Lipinski definition) is 2. The Morgan fingerprint density at radius 2 is 0.875 bits per heavy atom. The first-order chi connectivity index (χ1) is 14.9. The second-order valence-electron chi connectivity index (χ2n) is 8.85. The normalized spacial score (nSPS) is 10.6. The molecule has 3 aromatic carbocycles. The number of carbonyl (C=O) groups excluding carboxylic acids is 1. The molecule has 0 saturated carbocycles. The van der Waals surface area contributed by atoms with Crippen LogP contribution in [-0.2, 0) is 0 Å². The van der Waals surface area contributed by atoms with E-state index in [4.69, 9.17) is 0 Å². The van der Waals surface area contributed by atoms with Crippen LogP contribution in [0, 0.1) is 69.2 Å². The van der Waals surface area contributed by atoms with E-state index in [1.165, 1.54) is 49.4 Å². The zero-order valence-electron chi connectivity index (χ0n) is 21.7. The topological polar surface area (TPSA) is 17.1 Å². The number of thioether (sulfide) groups is 1. The Hall–Kier alpha value is -2.32. The monoisotopic (exact) mass is 446 g/mol. The van der Waals surface area contributed by atoms with Gasteiger partial charge in [-0.1, -0.05) is 30.3 Å². The molecular formula is C30H38OS. The Balaban J connectivity index is 0.000000244. The minimum Gasteiger partial charge on any atom is -0.289 e. The fourth-order valence-corrected chi connectivity index (χ4v) is 5.26. The maximum absolute atomic E-state index is 12.7. The van der Waals surface area contributed by atoms with Crippen molar-refractivity contribution in [3.63, 3.8) is 0 Å². The molecule has 0 heterocycles. The lowest BCUT2D eigenvalue weighted by Crippen LogP contribution is -2.10. The first-order valence-corrected chi connectivity index (χ1v) is 12.5. The summed E-state index contributed by atoms with van der Waals surface area (Å²) >= 11 is 1.86. The SMILES string of the molecule is CSc1c(C)c(C)c(C)c(C)c1C.Cc1c(C)c(C)c(C(=O)c2ccccc2)c(C)c1C. The molecule has 0 amide bonds. The van der Waals surface area contributed by atoms with Gasteiger partial charge >= 0.3 is 0 Å². The van der Waals surface area contributed by atoms with E-state index in [1.54, 1.807) is 0 Å². The van der Waals surface area contributed by atoms with Crippen LogP contribution < -0.4 is 0 Å². The molecule has 0 bridgehead atoms. The van der Waals surface area contributed by atoms with Gasteiger partial charge in [0.25, 0.3) is 0 Å². The van der Waals surface area contributed by atoms with Gasteiger partial charge in [-0.15, -0.1) is 11.8 Å². The van der Waals surface area contributed by atoms with Gasteiger partial charge in [0.05, 0.1) is 0 Å². The summed E-state index contributed by atoms with van der Waals surface area (Å²) in [6.07, 6.45) is 2.16. The second-order valence-corrected chi connectivity index (χ2v) is 9.67. The van der Waals surface area contributed by atoms with Crippen LogP contribution in [0.25, 0.3) is 0 Å². The Morgan fingerprint density at radius 1 is 0.531 bits per heavy atom. The molecule has 0 aliphatic heterocycles. The largest absolute Gasteiger partial charge is 0.289 e. The summed E-state index contributed by atoms with van der Waals surface area (Å²) in [6.45, 7) is 21.5. The van der Waals surface area contributed by atoms with E-state index in [1.807, 2.05) is 55.9 Å². The van der Waals surface area contributed by atoms with Crippen molar-refractivity contribution in [2.45, 2.75) is 74.1 Å². The molecule has 0 aliphatic carbocycles. The van der Waals surface area contributed by atoms with Crippen LogP contribution in [0.3, 0.4) is 0 Å². The van der Waals surface area contributed by atoms with Gasteiger partial charge in [0, 0.05) is 16.0 Å². The number of rotatable bonds is 3. The summed E-state index contributed by atoms with van der Waals surface area (Å²) in [5, 5.41) is 0. The van der Waals surface area contributed by atoms with Crippen molar-refractivity contribution in [1.82, 2.24) is 0 Å². The molecular weight excluding hydrogens is 408 g/mol. The smallest absolute Gasteiger partial charge is 0.193 e. The summed E-state index contributed by atoms with van der Waals surface area (Å²) in [6, 6.07) is 9.51. The quantitative estimate of drug-likeness (QED) is 0.297. The predicted octanol–water partition coefficient (Wildman–Crippen LogP) is 8.41. The highest BCUT2D eigenvalue weighted by Crippen LogP contribution is 2.32. The predicted molar refractivity (Wildman–Crippen MR) is 142 cm³/mol. The highest BCUT2D eigenvalue weighted by molar-refractivity contribution is 7.98. The standard InChI is InChI=1S/C18H20O.C12H18S/c1-11-12(2)14(4)17(15(5)13(11)3)18(19)16-9-7-6-8-10-16;1-7-8(2)10(4)12(13-6)11(5)9(7)3/h6-10H,1-5H3;1-6H3. The van der Waals surface area contributed by atoms with Crippen molar-refractivity contribution >= 4 is 17.5 Å². The van der Waals surface area contributed by atoms with Gasteiger partial charge in [0.15, 0.2) is 5.78 Å². The third-order valence-corrected chi connectivity index (χ3v) is 8.42. The van der Waals surface area contributed by atoms with Crippen LogP contribution in [0.4, 0.5) is 0 Å². The summed E-state index contributed by atoms with van der Waals surface area (Å²) in [7, 11) is 0. The number of hydrogen-bond donors (Lipinski definition) is 0. The molecule has 0 fully saturated rings. The van der Waals surface area contributed by atoms with Crippen LogP contribution >= 0.6 is 11.8 Å². The third kappa shape index (κ3) is 4.86. The first kappa shape index (κ1) is 25.9. The molecule has 3 aromatic rings. The van der Waals surface area contributed by atoms with Crippen LogP contribution in [0.5, 0.6) is 0 Å². The fraction of sp³-hybridized carbons (Fsp3) is 0.367. The minimum absolute atomic E-state index is 0.127. The minimum atomic E-state index is 0.127. The molecule has 0 aliphatic rings. The van der Waals surface area contributed by atoms with E-state index in [-0.39, 0.29) is 5.78 Å². The maximum atomic E-state index is 12.7. The molecule has 3 rings (SSSR count). The fourth-order valence-electron chi connectivity index (χ4n) is 4.35. The Kier molecular flexibility index (Phi) is 8.54. The number of carbonyl (C=O) groups is 1. The van der Waals surface area contributed by atoms with Crippen molar-refractivity contribution in [3.8, 4) is 0 Å². The van der Waals surface area contributed by atoms with E-state index in [2.05, 4.69) is 61.6 Å². The molecule has 170 valence electrons. The molecule has 0 aromatic heterocycles. The van der Waals surface area contributed by atoms with Crippen molar-refractivity contribution in [1.29, 1.82) is 0 Å². The number of ketones is 1. The zero-order chi connectivity index (χ0) is 24.3. The Morgan fingerprint density at radius 3 is 1.25 bits per heavy atom.